The van der Waals surface area contributed by atoms with Crippen molar-refractivity contribution in [1.29, 1.82) is 0 Å². The van der Waals surface area contributed by atoms with Crippen molar-refractivity contribution in [2.45, 2.75) is 36.2 Å². The summed E-state index contributed by atoms with van der Waals surface area (Å²) in [6.07, 6.45) is 3.12. The second kappa shape index (κ2) is 5.65. The van der Waals surface area contributed by atoms with E-state index in [4.69, 9.17) is 4.74 Å². The van der Waals surface area contributed by atoms with Crippen molar-refractivity contribution in [2.75, 3.05) is 38.2 Å². The van der Waals surface area contributed by atoms with Crippen LogP contribution in [0.1, 0.15) is 19.3 Å². The maximum Gasteiger partial charge on any atom is 0.243 e. The summed E-state index contributed by atoms with van der Waals surface area (Å²) in [6, 6.07) is 5.99. The van der Waals surface area contributed by atoms with E-state index < -0.39 is 10.0 Å². The Labute approximate surface area is 137 Å². The lowest BCUT2D eigenvalue weighted by atomic mass is 10.1. The Morgan fingerprint density at radius 3 is 2.87 bits per heavy atom. The van der Waals surface area contributed by atoms with Gasteiger partial charge in [-0.15, -0.1) is 0 Å². The third-order valence-corrected chi connectivity index (χ3v) is 7.01. The van der Waals surface area contributed by atoms with Crippen LogP contribution < -0.4 is 15.0 Å². The van der Waals surface area contributed by atoms with E-state index in [2.05, 4.69) is 10.2 Å². The fraction of sp³-hybridized carbons (Fsp3) is 0.625. The lowest BCUT2D eigenvalue weighted by molar-refractivity contribution is 0.310. The molecule has 2 saturated heterocycles. The standard InChI is InChI=1S/C16H23N3O3S/c1-18-8-9-22-16-10-14(4-5-15(16)18)23(20,21)19-7-6-12-2-3-13(11-19)17-12/h4-5,10,12-13,17H,2-3,6-9,11H2,1H3/t12-,13+/m1/s1. The molecule has 0 amide bonds. The number of rotatable bonds is 2. The minimum absolute atomic E-state index is 0.289. The van der Waals surface area contributed by atoms with E-state index in [1.54, 1.807) is 16.4 Å². The Hall–Kier alpha value is -1.31. The molecule has 1 N–H and O–H groups in total. The van der Waals surface area contributed by atoms with Gasteiger partial charge in [0.2, 0.25) is 10.0 Å². The topological polar surface area (TPSA) is 61.9 Å². The number of ether oxygens (including phenoxy) is 1. The van der Waals surface area contributed by atoms with Crippen molar-refractivity contribution in [3.05, 3.63) is 18.2 Å². The number of hydrogen-bond acceptors (Lipinski definition) is 5. The quantitative estimate of drug-likeness (QED) is 0.873. The molecule has 0 unspecified atom stereocenters. The van der Waals surface area contributed by atoms with Gasteiger partial charge in [-0.3, -0.25) is 0 Å². The second-order valence-electron chi connectivity index (χ2n) is 6.69. The molecule has 2 atom stereocenters. The fourth-order valence-corrected chi connectivity index (χ4v) is 5.29. The second-order valence-corrected chi connectivity index (χ2v) is 8.63. The highest BCUT2D eigenvalue weighted by atomic mass is 32.2. The minimum atomic E-state index is -3.46. The average Bonchev–Trinajstić information content (AvgIpc) is 2.85. The molecule has 0 spiro atoms. The van der Waals surface area contributed by atoms with Gasteiger partial charge in [0, 0.05) is 38.3 Å². The Bertz CT molecular complexity index is 707. The summed E-state index contributed by atoms with van der Waals surface area (Å²) in [4.78, 5) is 2.42. The summed E-state index contributed by atoms with van der Waals surface area (Å²) in [5, 5.41) is 3.52. The molecule has 2 fully saturated rings. The predicted octanol–water partition coefficient (Wildman–Crippen LogP) is 1.03. The molecule has 0 aliphatic carbocycles. The Balaban J connectivity index is 1.63. The Morgan fingerprint density at radius 1 is 1.17 bits per heavy atom. The van der Waals surface area contributed by atoms with Gasteiger partial charge in [-0.25, -0.2) is 8.42 Å². The largest absolute Gasteiger partial charge is 0.490 e. The van der Waals surface area contributed by atoms with Gasteiger partial charge in [-0.05, 0) is 31.4 Å². The lowest BCUT2D eigenvalue weighted by Gasteiger charge is -2.29. The van der Waals surface area contributed by atoms with Gasteiger partial charge in [0.1, 0.15) is 12.4 Å². The van der Waals surface area contributed by atoms with Gasteiger partial charge >= 0.3 is 0 Å². The maximum absolute atomic E-state index is 13.0. The van der Waals surface area contributed by atoms with Crippen LogP contribution in [0.5, 0.6) is 5.75 Å². The monoisotopic (exact) mass is 337 g/mol. The normalized spacial score (nSPS) is 28.1. The third-order valence-electron chi connectivity index (χ3n) is 5.15. The summed E-state index contributed by atoms with van der Waals surface area (Å²) in [5.41, 5.74) is 0.951. The molecule has 23 heavy (non-hydrogen) atoms. The number of nitrogens with one attached hydrogen (secondary N) is 1. The molecule has 126 valence electrons. The highest BCUT2D eigenvalue weighted by molar-refractivity contribution is 7.89. The van der Waals surface area contributed by atoms with Crippen molar-refractivity contribution < 1.29 is 13.2 Å². The zero-order chi connectivity index (χ0) is 16.0. The lowest BCUT2D eigenvalue weighted by Crippen LogP contribution is -2.39. The molecule has 0 aromatic heterocycles. The Kier molecular flexibility index (Phi) is 3.74. The van der Waals surface area contributed by atoms with Crippen molar-refractivity contribution >= 4 is 15.7 Å². The summed E-state index contributed by atoms with van der Waals surface area (Å²) in [6.45, 7) is 2.56. The summed E-state index contributed by atoms with van der Waals surface area (Å²) in [7, 11) is -1.47. The van der Waals surface area contributed by atoms with Crippen LogP contribution in [0.4, 0.5) is 5.69 Å². The van der Waals surface area contributed by atoms with E-state index in [1.165, 1.54) is 0 Å². The van der Waals surface area contributed by atoms with E-state index in [0.29, 0.717) is 36.4 Å². The predicted molar refractivity (Wildman–Crippen MR) is 88.5 cm³/mol. The third kappa shape index (κ3) is 2.70. The van der Waals surface area contributed by atoms with E-state index in [-0.39, 0.29) is 6.04 Å². The van der Waals surface area contributed by atoms with Crippen molar-refractivity contribution in [2.24, 2.45) is 0 Å². The van der Waals surface area contributed by atoms with E-state index in [1.807, 2.05) is 13.1 Å². The van der Waals surface area contributed by atoms with Gasteiger partial charge in [0.25, 0.3) is 0 Å². The maximum atomic E-state index is 13.0. The van der Waals surface area contributed by atoms with Crippen molar-refractivity contribution in [3.8, 4) is 5.75 Å². The summed E-state index contributed by atoms with van der Waals surface area (Å²) in [5.74, 6) is 0.661. The molecule has 3 heterocycles. The molecule has 0 radical (unpaired) electrons. The molecule has 4 rings (SSSR count). The number of hydrogen-bond donors (Lipinski definition) is 1. The van der Waals surface area contributed by atoms with Crippen LogP contribution in [-0.4, -0.2) is 58.1 Å². The van der Waals surface area contributed by atoms with E-state index in [0.717, 1.165) is 31.5 Å². The molecule has 3 aliphatic rings. The molecular formula is C16H23N3O3S. The van der Waals surface area contributed by atoms with Crippen LogP contribution in [0.3, 0.4) is 0 Å². The SMILES string of the molecule is CN1CCOc2cc(S(=O)(=O)N3CC[C@H]4CC[C@@H](C3)N4)ccc21. The molecule has 6 nitrogen and oxygen atoms in total. The smallest absolute Gasteiger partial charge is 0.243 e. The minimum Gasteiger partial charge on any atom is -0.490 e. The van der Waals surface area contributed by atoms with Gasteiger partial charge < -0.3 is 15.0 Å². The summed E-state index contributed by atoms with van der Waals surface area (Å²) >= 11 is 0. The first kappa shape index (κ1) is 15.2. The zero-order valence-electron chi connectivity index (χ0n) is 13.4. The highest BCUT2D eigenvalue weighted by Crippen LogP contribution is 2.34. The van der Waals surface area contributed by atoms with Gasteiger partial charge in [0.15, 0.2) is 0 Å². The van der Waals surface area contributed by atoms with Gasteiger partial charge in [0.05, 0.1) is 17.1 Å². The van der Waals surface area contributed by atoms with Crippen LogP contribution in [0.2, 0.25) is 0 Å². The van der Waals surface area contributed by atoms with Crippen LogP contribution in [-0.2, 0) is 10.0 Å². The van der Waals surface area contributed by atoms with Gasteiger partial charge in [-0.1, -0.05) is 0 Å². The number of sulfonamides is 1. The van der Waals surface area contributed by atoms with Crippen LogP contribution in [0.25, 0.3) is 0 Å². The highest BCUT2D eigenvalue weighted by Gasteiger charge is 2.35. The molecule has 0 saturated carbocycles. The van der Waals surface area contributed by atoms with Gasteiger partial charge in [-0.2, -0.15) is 4.31 Å². The molecule has 1 aromatic rings. The van der Waals surface area contributed by atoms with Crippen LogP contribution >= 0.6 is 0 Å². The number of anilines is 1. The van der Waals surface area contributed by atoms with E-state index in [9.17, 15) is 8.42 Å². The number of benzene rings is 1. The van der Waals surface area contributed by atoms with Crippen LogP contribution in [0.15, 0.2) is 23.1 Å². The van der Waals surface area contributed by atoms with Crippen molar-refractivity contribution in [3.63, 3.8) is 0 Å². The average molecular weight is 337 g/mol. The van der Waals surface area contributed by atoms with Crippen LogP contribution in [0, 0.1) is 0 Å². The Morgan fingerprint density at radius 2 is 2.00 bits per heavy atom. The molecule has 7 heteroatoms. The zero-order valence-corrected chi connectivity index (χ0v) is 14.2. The van der Waals surface area contributed by atoms with E-state index >= 15 is 0 Å². The first-order valence-electron chi connectivity index (χ1n) is 8.28. The fourth-order valence-electron chi connectivity index (χ4n) is 3.78. The molecule has 3 aliphatic heterocycles. The number of fused-ring (bicyclic) bond motifs is 3. The number of likely N-dealkylation sites (N-methyl/N-ethyl adjacent to an activating group) is 1. The molecular weight excluding hydrogens is 314 g/mol. The number of nitrogens with zero attached hydrogens (tertiary/aromatic N) is 2. The molecule has 1 aromatic carbocycles. The first-order valence-corrected chi connectivity index (χ1v) is 9.72. The summed E-state index contributed by atoms with van der Waals surface area (Å²) < 4.78 is 33.3. The van der Waals surface area contributed by atoms with Crippen molar-refractivity contribution in [1.82, 2.24) is 9.62 Å². The first-order chi connectivity index (χ1) is 11.0. The molecule has 2 bridgehead atoms.